The molecule has 0 unspecified atom stereocenters. The molecule has 7 nitrogen and oxygen atoms in total. The summed E-state index contributed by atoms with van der Waals surface area (Å²) < 4.78 is 7.43. The molecule has 0 radical (unpaired) electrons. The second-order valence-electron chi connectivity index (χ2n) is 7.27. The molecule has 2 saturated heterocycles. The Morgan fingerprint density at radius 1 is 1.16 bits per heavy atom. The summed E-state index contributed by atoms with van der Waals surface area (Å²) in [6, 6.07) is 0. The lowest BCUT2D eigenvalue weighted by Crippen LogP contribution is -2.40. The Labute approximate surface area is 150 Å². The van der Waals surface area contributed by atoms with Gasteiger partial charge in [0, 0.05) is 26.1 Å². The number of piperidine rings is 2. The highest BCUT2D eigenvalue weighted by Gasteiger charge is 2.29. The number of aromatic nitrogens is 3. The summed E-state index contributed by atoms with van der Waals surface area (Å²) in [5, 5.41) is 8.91. The minimum Gasteiger partial charge on any atom is -0.449 e. The van der Waals surface area contributed by atoms with Gasteiger partial charge >= 0.3 is 6.09 Å². The number of likely N-dealkylation sites (tertiary alicyclic amines) is 2. The van der Waals surface area contributed by atoms with Crippen molar-refractivity contribution in [3.8, 4) is 0 Å². The molecule has 140 valence electrons. The average Bonchev–Trinajstić information content (AvgIpc) is 3.01. The van der Waals surface area contributed by atoms with Gasteiger partial charge < -0.3 is 14.2 Å². The number of amides is 1. The van der Waals surface area contributed by atoms with Crippen LogP contribution in [0, 0.1) is 0 Å². The summed E-state index contributed by atoms with van der Waals surface area (Å²) >= 11 is 0. The third kappa shape index (κ3) is 4.51. The molecule has 0 N–H and O–H groups in total. The molecular formula is C18H31N5O2. The standard InChI is InChI=1S/C18H31N5O2/c1-3-12-25-18(24)23-11-7-8-15(13-23)17-20-19-16(21(17)2)14-22-9-5-4-6-10-22/h15H,3-14H2,1-2H3/t15-/m0/s1. The second-order valence-corrected chi connectivity index (χ2v) is 7.27. The maximum atomic E-state index is 12.1. The minimum absolute atomic E-state index is 0.192. The number of carbonyl (C=O) groups is 1. The topological polar surface area (TPSA) is 63.5 Å². The van der Waals surface area contributed by atoms with Crippen molar-refractivity contribution < 1.29 is 9.53 Å². The third-order valence-electron chi connectivity index (χ3n) is 5.29. The van der Waals surface area contributed by atoms with Gasteiger partial charge in [-0.15, -0.1) is 10.2 Å². The molecule has 0 aromatic carbocycles. The Kier molecular flexibility index (Phi) is 6.29. The number of ether oxygens (including phenoxy) is 1. The summed E-state index contributed by atoms with van der Waals surface area (Å²) in [5.41, 5.74) is 0. The zero-order chi connectivity index (χ0) is 17.6. The fraction of sp³-hybridized carbons (Fsp3) is 0.833. The highest BCUT2D eigenvalue weighted by molar-refractivity contribution is 5.67. The highest BCUT2D eigenvalue weighted by Crippen LogP contribution is 2.26. The molecule has 1 aromatic rings. The summed E-state index contributed by atoms with van der Waals surface area (Å²) in [5.74, 6) is 2.28. The molecule has 2 aliphatic heterocycles. The lowest BCUT2D eigenvalue weighted by atomic mass is 9.97. The third-order valence-corrected chi connectivity index (χ3v) is 5.29. The largest absolute Gasteiger partial charge is 0.449 e. The Hall–Kier alpha value is -1.63. The molecule has 0 aliphatic carbocycles. The summed E-state index contributed by atoms with van der Waals surface area (Å²) in [6.45, 7) is 7.14. The normalized spacial score (nSPS) is 22.2. The van der Waals surface area contributed by atoms with Crippen LogP contribution in [0.1, 0.15) is 63.0 Å². The van der Waals surface area contributed by atoms with Crippen molar-refractivity contribution in [3.05, 3.63) is 11.6 Å². The van der Waals surface area contributed by atoms with E-state index in [0.717, 1.165) is 57.1 Å². The van der Waals surface area contributed by atoms with Gasteiger partial charge in [0.1, 0.15) is 11.6 Å². The van der Waals surface area contributed by atoms with E-state index in [4.69, 9.17) is 4.74 Å². The van der Waals surface area contributed by atoms with E-state index in [9.17, 15) is 4.79 Å². The minimum atomic E-state index is -0.192. The van der Waals surface area contributed by atoms with Gasteiger partial charge in [0.05, 0.1) is 13.2 Å². The lowest BCUT2D eigenvalue weighted by Gasteiger charge is -2.31. The molecule has 0 bridgehead atoms. The van der Waals surface area contributed by atoms with E-state index in [1.807, 2.05) is 11.8 Å². The molecule has 2 fully saturated rings. The van der Waals surface area contributed by atoms with Crippen LogP contribution >= 0.6 is 0 Å². The van der Waals surface area contributed by atoms with Crippen LogP contribution < -0.4 is 0 Å². The molecular weight excluding hydrogens is 318 g/mol. The van der Waals surface area contributed by atoms with Gasteiger partial charge in [-0.1, -0.05) is 13.3 Å². The Balaban J connectivity index is 1.62. The van der Waals surface area contributed by atoms with Crippen molar-refractivity contribution in [2.75, 3.05) is 32.8 Å². The maximum Gasteiger partial charge on any atom is 0.409 e. The monoisotopic (exact) mass is 349 g/mol. The van der Waals surface area contributed by atoms with Gasteiger partial charge in [0.2, 0.25) is 0 Å². The van der Waals surface area contributed by atoms with Crippen molar-refractivity contribution in [2.45, 2.75) is 57.9 Å². The number of carbonyl (C=O) groups excluding carboxylic acids is 1. The Bertz CT molecular complexity index is 568. The van der Waals surface area contributed by atoms with Crippen LogP contribution in [0.2, 0.25) is 0 Å². The second kappa shape index (κ2) is 8.65. The van der Waals surface area contributed by atoms with Crippen molar-refractivity contribution in [3.63, 3.8) is 0 Å². The van der Waals surface area contributed by atoms with Gasteiger partial charge in [-0.05, 0) is 45.2 Å². The zero-order valence-electron chi connectivity index (χ0n) is 15.6. The van der Waals surface area contributed by atoms with Crippen molar-refractivity contribution >= 4 is 6.09 Å². The van der Waals surface area contributed by atoms with Gasteiger partial charge in [-0.3, -0.25) is 4.90 Å². The molecule has 1 aromatic heterocycles. The van der Waals surface area contributed by atoms with Crippen LogP contribution in [0.25, 0.3) is 0 Å². The highest BCUT2D eigenvalue weighted by atomic mass is 16.6. The van der Waals surface area contributed by atoms with Crippen LogP contribution in [-0.4, -0.2) is 63.4 Å². The lowest BCUT2D eigenvalue weighted by molar-refractivity contribution is 0.0907. The molecule has 3 heterocycles. The van der Waals surface area contributed by atoms with Crippen molar-refractivity contribution in [1.29, 1.82) is 0 Å². The predicted molar refractivity (Wildman–Crippen MR) is 95.3 cm³/mol. The number of rotatable bonds is 5. The fourth-order valence-corrected chi connectivity index (χ4v) is 3.82. The average molecular weight is 349 g/mol. The Morgan fingerprint density at radius 2 is 1.96 bits per heavy atom. The van der Waals surface area contributed by atoms with E-state index in [2.05, 4.69) is 26.7 Å². The van der Waals surface area contributed by atoms with Crippen LogP contribution in [0.3, 0.4) is 0 Å². The molecule has 1 atom stereocenters. The SMILES string of the molecule is CCCOC(=O)N1CCC[C@H](c2nnc(CN3CCCCC3)n2C)C1. The van der Waals surface area contributed by atoms with E-state index in [1.165, 1.54) is 19.3 Å². The van der Waals surface area contributed by atoms with Crippen LogP contribution in [-0.2, 0) is 18.3 Å². The maximum absolute atomic E-state index is 12.1. The van der Waals surface area contributed by atoms with E-state index >= 15 is 0 Å². The molecule has 0 spiro atoms. The smallest absolute Gasteiger partial charge is 0.409 e. The van der Waals surface area contributed by atoms with E-state index in [1.54, 1.807) is 0 Å². The van der Waals surface area contributed by atoms with Gasteiger partial charge in [-0.25, -0.2) is 4.79 Å². The first kappa shape index (κ1) is 18.2. The van der Waals surface area contributed by atoms with E-state index in [0.29, 0.717) is 13.2 Å². The van der Waals surface area contributed by atoms with Gasteiger partial charge in [0.25, 0.3) is 0 Å². The first-order chi connectivity index (χ1) is 12.2. The van der Waals surface area contributed by atoms with E-state index < -0.39 is 0 Å². The fourth-order valence-electron chi connectivity index (χ4n) is 3.82. The van der Waals surface area contributed by atoms with Gasteiger partial charge in [0.15, 0.2) is 0 Å². The zero-order valence-corrected chi connectivity index (χ0v) is 15.6. The van der Waals surface area contributed by atoms with Crippen LogP contribution in [0.15, 0.2) is 0 Å². The number of hydrogen-bond acceptors (Lipinski definition) is 5. The van der Waals surface area contributed by atoms with Crippen molar-refractivity contribution in [1.82, 2.24) is 24.6 Å². The molecule has 2 aliphatic rings. The van der Waals surface area contributed by atoms with E-state index in [-0.39, 0.29) is 12.0 Å². The quantitative estimate of drug-likeness (QED) is 0.817. The van der Waals surface area contributed by atoms with Crippen molar-refractivity contribution in [2.24, 2.45) is 7.05 Å². The summed E-state index contributed by atoms with van der Waals surface area (Å²) in [4.78, 5) is 16.4. The van der Waals surface area contributed by atoms with Crippen LogP contribution in [0.4, 0.5) is 4.79 Å². The predicted octanol–water partition coefficient (Wildman–Crippen LogP) is 2.53. The van der Waals surface area contributed by atoms with Gasteiger partial charge in [-0.2, -0.15) is 0 Å². The molecule has 7 heteroatoms. The molecule has 3 rings (SSSR count). The molecule has 1 amide bonds. The van der Waals surface area contributed by atoms with Crippen LogP contribution in [0.5, 0.6) is 0 Å². The molecule has 25 heavy (non-hydrogen) atoms. The number of nitrogens with zero attached hydrogens (tertiary/aromatic N) is 5. The summed E-state index contributed by atoms with van der Waals surface area (Å²) in [6.07, 6.45) is 6.60. The summed E-state index contributed by atoms with van der Waals surface area (Å²) in [7, 11) is 2.06. The number of hydrogen-bond donors (Lipinski definition) is 0. The first-order valence-electron chi connectivity index (χ1n) is 9.71. The molecule has 0 saturated carbocycles. The Morgan fingerprint density at radius 3 is 2.72 bits per heavy atom. The first-order valence-corrected chi connectivity index (χ1v) is 9.71.